The number of rotatable bonds is 3. The molecule has 0 saturated heterocycles. The third kappa shape index (κ3) is 4.01. The van der Waals surface area contributed by atoms with Crippen LogP contribution in [0.25, 0.3) is 0 Å². The smallest absolute Gasteiger partial charge is 0.101 e. The molecule has 0 radical (unpaired) electrons. The molecule has 0 aliphatic heterocycles. The molecule has 2 aromatic rings. The highest BCUT2D eigenvalue weighted by Crippen LogP contribution is 2.26. The first-order valence-corrected chi connectivity index (χ1v) is 7.28. The summed E-state index contributed by atoms with van der Waals surface area (Å²) in [6.45, 7) is 6.06. The Kier molecular flexibility index (Phi) is 5.04. The van der Waals surface area contributed by atoms with E-state index in [1.165, 1.54) is 0 Å². The van der Waals surface area contributed by atoms with Crippen LogP contribution >= 0.6 is 0 Å². The summed E-state index contributed by atoms with van der Waals surface area (Å²) in [5.74, 6) is 0.970. The van der Waals surface area contributed by atoms with E-state index in [4.69, 9.17) is 0 Å². The molecule has 2 aromatic carbocycles. The van der Waals surface area contributed by atoms with Gasteiger partial charge in [0.25, 0.3) is 0 Å². The van der Waals surface area contributed by atoms with Crippen molar-refractivity contribution in [3.8, 4) is 0 Å². The Hall–Kier alpha value is -2.49. The van der Waals surface area contributed by atoms with Crippen LogP contribution in [0.2, 0.25) is 0 Å². The van der Waals surface area contributed by atoms with Gasteiger partial charge in [-0.2, -0.15) is 10.2 Å². The van der Waals surface area contributed by atoms with Crippen LogP contribution < -0.4 is 0 Å². The fourth-order valence-electron chi connectivity index (χ4n) is 1.89. The summed E-state index contributed by atoms with van der Waals surface area (Å²) in [7, 11) is 3.97. The lowest BCUT2D eigenvalue weighted by Crippen LogP contribution is -2.17. The molecule has 0 aromatic heterocycles. The largest absolute Gasteiger partial charge is 0.366 e. The lowest BCUT2D eigenvalue weighted by molar-refractivity contribution is 0.619. The maximum absolute atomic E-state index is 4.60. The van der Waals surface area contributed by atoms with Gasteiger partial charge in [0.2, 0.25) is 0 Å². The van der Waals surface area contributed by atoms with E-state index in [0.29, 0.717) is 0 Å². The molecule has 22 heavy (non-hydrogen) atoms. The normalized spacial score (nSPS) is 12.0. The van der Waals surface area contributed by atoms with Crippen molar-refractivity contribution in [1.82, 2.24) is 4.90 Å². The summed E-state index contributed by atoms with van der Waals surface area (Å²) < 4.78 is 0. The minimum atomic E-state index is 0.835. The summed E-state index contributed by atoms with van der Waals surface area (Å²) in [6.07, 6.45) is 0. The highest BCUT2D eigenvalue weighted by Gasteiger charge is 2.01. The van der Waals surface area contributed by atoms with Crippen molar-refractivity contribution < 1.29 is 0 Å². The fourth-order valence-corrected chi connectivity index (χ4v) is 1.89. The molecule has 0 spiro atoms. The molecular weight excluding hydrogens is 272 g/mol. The second-order valence-electron chi connectivity index (χ2n) is 5.51. The molecule has 4 nitrogen and oxygen atoms in total. The SMILES string of the molecule is C/C(=N\c1ccc(/N=N\c2ccccc2C)cc1C)N(C)C. The number of amidine groups is 1. The van der Waals surface area contributed by atoms with Crippen LogP contribution in [0.15, 0.2) is 57.7 Å². The first-order chi connectivity index (χ1) is 10.5. The number of hydrogen-bond donors (Lipinski definition) is 0. The number of aliphatic imine (C=N–C) groups is 1. The Labute approximate surface area is 132 Å². The molecule has 4 heteroatoms. The van der Waals surface area contributed by atoms with Crippen LogP contribution in [0.1, 0.15) is 18.1 Å². The summed E-state index contributed by atoms with van der Waals surface area (Å²) in [4.78, 5) is 6.59. The molecular formula is C18H22N4. The summed E-state index contributed by atoms with van der Waals surface area (Å²) >= 11 is 0. The molecule has 0 heterocycles. The minimum Gasteiger partial charge on any atom is -0.366 e. The Balaban J connectivity index is 2.23. The van der Waals surface area contributed by atoms with E-state index in [-0.39, 0.29) is 0 Å². The second-order valence-corrected chi connectivity index (χ2v) is 5.51. The van der Waals surface area contributed by atoms with Crippen LogP contribution in [0.4, 0.5) is 17.1 Å². The Morgan fingerprint density at radius 1 is 0.864 bits per heavy atom. The van der Waals surface area contributed by atoms with E-state index in [0.717, 1.165) is 34.0 Å². The number of aryl methyl sites for hydroxylation is 2. The topological polar surface area (TPSA) is 40.3 Å². The van der Waals surface area contributed by atoms with Crippen molar-refractivity contribution in [3.05, 3.63) is 53.6 Å². The molecule has 0 N–H and O–H groups in total. The van der Waals surface area contributed by atoms with Gasteiger partial charge in [0.05, 0.1) is 17.1 Å². The zero-order chi connectivity index (χ0) is 16.1. The maximum Gasteiger partial charge on any atom is 0.101 e. The van der Waals surface area contributed by atoms with Crippen molar-refractivity contribution in [2.24, 2.45) is 15.2 Å². The lowest BCUT2D eigenvalue weighted by atomic mass is 10.2. The van der Waals surface area contributed by atoms with E-state index >= 15 is 0 Å². The number of hydrogen-bond acceptors (Lipinski definition) is 3. The molecule has 0 amide bonds. The summed E-state index contributed by atoms with van der Waals surface area (Å²) in [5.41, 5.74) is 4.89. The average Bonchev–Trinajstić information content (AvgIpc) is 2.48. The van der Waals surface area contributed by atoms with E-state index in [1.54, 1.807) is 0 Å². The van der Waals surface area contributed by atoms with Crippen LogP contribution in [0, 0.1) is 13.8 Å². The standard InChI is InChI=1S/C18H22N4/c1-13-8-6-7-9-18(13)21-20-16-10-11-17(14(2)12-16)19-15(3)22(4)5/h6-12H,1-5H3/b19-15+,21-20-. The van der Waals surface area contributed by atoms with Crippen molar-refractivity contribution in [2.75, 3.05) is 14.1 Å². The predicted octanol–water partition coefficient (Wildman–Crippen LogP) is 5.33. The zero-order valence-electron chi connectivity index (χ0n) is 13.8. The quantitative estimate of drug-likeness (QED) is 0.428. The van der Waals surface area contributed by atoms with Crippen LogP contribution in [0.3, 0.4) is 0 Å². The lowest BCUT2D eigenvalue weighted by Gasteiger charge is -2.11. The van der Waals surface area contributed by atoms with Crippen molar-refractivity contribution >= 4 is 22.9 Å². The maximum atomic E-state index is 4.60. The first kappa shape index (κ1) is 15.9. The minimum absolute atomic E-state index is 0.835. The summed E-state index contributed by atoms with van der Waals surface area (Å²) in [6, 6.07) is 13.9. The van der Waals surface area contributed by atoms with Gasteiger partial charge < -0.3 is 4.90 Å². The Morgan fingerprint density at radius 3 is 2.23 bits per heavy atom. The van der Waals surface area contributed by atoms with Gasteiger partial charge >= 0.3 is 0 Å². The Morgan fingerprint density at radius 2 is 1.59 bits per heavy atom. The number of nitrogens with zero attached hydrogens (tertiary/aromatic N) is 4. The van der Waals surface area contributed by atoms with Gasteiger partial charge in [0.15, 0.2) is 0 Å². The van der Waals surface area contributed by atoms with E-state index in [2.05, 4.69) is 15.2 Å². The van der Waals surface area contributed by atoms with Gasteiger partial charge in [-0.05, 0) is 56.2 Å². The highest BCUT2D eigenvalue weighted by molar-refractivity contribution is 5.82. The fraction of sp³-hybridized carbons (Fsp3) is 0.278. The van der Waals surface area contributed by atoms with Gasteiger partial charge in [0, 0.05) is 14.1 Å². The summed E-state index contributed by atoms with van der Waals surface area (Å²) in [5, 5.41) is 8.64. The molecule has 0 unspecified atom stereocenters. The number of benzene rings is 2. The molecule has 0 fully saturated rings. The van der Waals surface area contributed by atoms with E-state index in [9.17, 15) is 0 Å². The van der Waals surface area contributed by atoms with Crippen LogP contribution in [-0.2, 0) is 0 Å². The van der Waals surface area contributed by atoms with Crippen molar-refractivity contribution in [1.29, 1.82) is 0 Å². The molecule has 2 rings (SSSR count). The van der Waals surface area contributed by atoms with Crippen LogP contribution in [-0.4, -0.2) is 24.8 Å². The molecule has 0 aliphatic carbocycles. The second kappa shape index (κ2) is 6.98. The van der Waals surface area contributed by atoms with E-state index in [1.807, 2.05) is 82.2 Å². The van der Waals surface area contributed by atoms with Gasteiger partial charge in [0.1, 0.15) is 5.84 Å². The molecule has 114 valence electrons. The van der Waals surface area contributed by atoms with Gasteiger partial charge in [-0.1, -0.05) is 18.2 Å². The molecule has 0 atom stereocenters. The number of azo groups is 1. The monoisotopic (exact) mass is 294 g/mol. The van der Waals surface area contributed by atoms with Gasteiger partial charge in [-0.25, -0.2) is 4.99 Å². The average molecular weight is 294 g/mol. The third-order valence-corrected chi connectivity index (χ3v) is 3.50. The predicted molar refractivity (Wildman–Crippen MR) is 93.0 cm³/mol. The molecule has 0 bridgehead atoms. The highest BCUT2D eigenvalue weighted by atomic mass is 15.1. The molecule has 0 aliphatic rings. The Bertz CT molecular complexity index is 715. The van der Waals surface area contributed by atoms with Gasteiger partial charge in [-0.15, -0.1) is 0 Å². The first-order valence-electron chi connectivity index (χ1n) is 7.28. The van der Waals surface area contributed by atoms with Crippen molar-refractivity contribution in [2.45, 2.75) is 20.8 Å². The van der Waals surface area contributed by atoms with Crippen LogP contribution in [0.5, 0.6) is 0 Å². The van der Waals surface area contributed by atoms with Gasteiger partial charge in [-0.3, -0.25) is 0 Å². The molecule has 0 saturated carbocycles. The van der Waals surface area contributed by atoms with Crippen molar-refractivity contribution in [3.63, 3.8) is 0 Å². The van der Waals surface area contributed by atoms with E-state index < -0.39 is 0 Å². The third-order valence-electron chi connectivity index (χ3n) is 3.50. The zero-order valence-corrected chi connectivity index (χ0v) is 13.8.